The number of para-hydroxylation sites is 1. The predicted molar refractivity (Wildman–Crippen MR) is 99.9 cm³/mol. The second kappa shape index (κ2) is 6.46. The van der Waals surface area contributed by atoms with Crippen LogP contribution in [-0.2, 0) is 4.79 Å². The number of fused-ring (bicyclic) bond motifs is 3. The molecular formula is C21H15N3O3. The number of aromatic nitrogens is 1. The zero-order valence-electron chi connectivity index (χ0n) is 14.4. The first-order valence-corrected chi connectivity index (χ1v) is 8.39. The van der Waals surface area contributed by atoms with Crippen molar-refractivity contribution in [2.75, 3.05) is 0 Å². The van der Waals surface area contributed by atoms with Gasteiger partial charge in [-0.15, -0.1) is 0 Å². The highest BCUT2D eigenvalue weighted by atomic mass is 16.5. The summed E-state index contributed by atoms with van der Waals surface area (Å²) >= 11 is 0. The number of nitriles is 1. The first kappa shape index (κ1) is 16.6. The normalized spacial score (nSPS) is 15.6. The minimum Gasteiger partial charge on any atom is -0.439 e. The Morgan fingerprint density at radius 1 is 1.15 bits per heavy atom. The van der Waals surface area contributed by atoms with E-state index in [2.05, 4.69) is 16.4 Å². The molecular weight excluding hydrogens is 342 g/mol. The average Bonchev–Trinajstić information content (AvgIpc) is 2.67. The highest BCUT2D eigenvalue weighted by Crippen LogP contribution is 2.43. The second-order valence-electron chi connectivity index (χ2n) is 6.22. The maximum atomic E-state index is 12.9. The van der Waals surface area contributed by atoms with Crippen molar-refractivity contribution in [3.05, 3.63) is 87.5 Å². The number of pyridine rings is 1. The number of carbonyl (C=O) groups excluding carboxylic acids is 1. The summed E-state index contributed by atoms with van der Waals surface area (Å²) in [5.41, 5.74) is 1.60. The van der Waals surface area contributed by atoms with Gasteiger partial charge in [0.1, 0.15) is 17.4 Å². The van der Waals surface area contributed by atoms with Crippen LogP contribution in [0.25, 0.3) is 10.9 Å². The van der Waals surface area contributed by atoms with Crippen LogP contribution in [-0.4, -0.2) is 10.9 Å². The molecule has 0 aliphatic carbocycles. The zero-order valence-corrected chi connectivity index (χ0v) is 14.4. The van der Waals surface area contributed by atoms with Gasteiger partial charge in [0.2, 0.25) is 11.8 Å². The van der Waals surface area contributed by atoms with Crippen LogP contribution in [0.5, 0.6) is 5.75 Å². The van der Waals surface area contributed by atoms with Crippen molar-refractivity contribution in [1.29, 1.82) is 5.26 Å². The van der Waals surface area contributed by atoms with Gasteiger partial charge in [-0.2, -0.15) is 5.26 Å². The third-order valence-electron chi connectivity index (χ3n) is 4.48. The molecule has 6 heteroatoms. The van der Waals surface area contributed by atoms with Gasteiger partial charge in [-0.1, -0.05) is 42.5 Å². The van der Waals surface area contributed by atoms with Crippen LogP contribution >= 0.6 is 0 Å². The largest absolute Gasteiger partial charge is 0.439 e. The number of hydrogen-bond acceptors (Lipinski definition) is 4. The van der Waals surface area contributed by atoms with E-state index in [-0.39, 0.29) is 22.9 Å². The molecule has 27 heavy (non-hydrogen) atoms. The Morgan fingerprint density at radius 3 is 2.56 bits per heavy atom. The summed E-state index contributed by atoms with van der Waals surface area (Å²) in [6, 6.07) is 18.6. The minimum absolute atomic E-state index is 0.0575. The molecule has 6 nitrogen and oxygen atoms in total. The second-order valence-corrected chi connectivity index (χ2v) is 6.22. The van der Waals surface area contributed by atoms with Crippen LogP contribution < -0.4 is 15.6 Å². The number of amides is 1. The number of carbonyl (C=O) groups is 1. The first-order chi connectivity index (χ1) is 13.1. The summed E-state index contributed by atoms with van der Waals surface area (Å²) in [4.78, 5) is 27.4. The van der Waals surface area contributed by atoms with Gasteiger partial charge in [0.25, 0.3) is 5.56 Å². The van der Waals surface area contributed by atoms with Crippen molar-refractivity contribution in [2.24, 2.45) is 0 Å². The van der Waals surface area contributed by atoms with Crippen LogP contribution in [0, 0.1) is 11.3 Å². The molecule has 1 aromatic heterocycles. The number of hydrogen-bond donors (Lipinski definition) is 2. The van der Waals surface area contributed by atoms with E-state index in [4.69, 9.17) is 4.74 Å². The number of nitrogens with zero attached hydrogens (tertiary/aromatic N) is 1. The highest BCUT2D eigenvalue weighted by molar-refractivity contribution is 5.88. The molecule has 0 bridgehead atoms. The SMILES string of the molecule is CC(=O)NC1=C(C#N)C(c2ccccc2)c2c(c3ccccc3[nH]c2=O)O1. The lowest BCUT2D eigenvalue weighted by Gasteiger charge is -2.28. The molecule has 0 fully saturated rings. The molecule has 0 radical (unpaired) electrons. The van der Waals surface area contributed by atoms with Gasteiger partial charge in [0.05, 0.1) is 17.0 Å². The summed E-state index contributed by atoms with van der Waals surface area (Å²) in [6.45, 7) is 1.34. The third-order valence-corrected chi connectivity index (χ3v) is 4.48. The molecule has 0 saturated carbocycles. The molecule has 1 aliphatic heterocycles. The molecule has 1 atom stereocenters. The molecule has 4 rings (SSSR count). The van der Waals surface area contributed by atoms with E-state index in [1.165, 1.54) is 6.92 Å². The molecule has 1 unspecified atom stereocenters. The summed E-state index contributed by atoms with van der Waals surface area (Å²) in [5.74, 6) is -0.592. The molecule has 2 N–H and O–H groups in total. The molecule has 1 amide bonds. The van der Waals surface area contributed by atoms with E-state index in [9.17, 15) is 14.9 Å². The van der Waals surface area contributed by atoms with E-state index in [0.717, 1.165) is 5.56 Å². The molecule has 2 heterocycles. The van der Waals surface area contributed by atoms with Crippen LogP contribution in [0.2, 0.25) is 0 Å². The number of nitrogens with one attached hydrogen (secondary N) is 2. The third kappa shape index (κ3) is 2.75. The predicted octanol–water partition coefficient (Wildman–Crippen LogP) is 2.92. The van der Waals surface area contributed by atoms with E-state index in [1.807, 2.05) is 48.5 Å². The number of H-pyrrole nitrogens is 1. The summed E-state index contributed by atoms with van der Waals surface area (Å²) in [6.07, 6.45) is 0. The fraction of sp³-hybridized carbons (Fsp3) is 0.0952. The first-order valence-electron chi connectivity index (χ1n) is 8.39. The Morgan fingerprint density at radius 2 is 1.85 bits per heavy atom. The average molecular weight is 357 g/mol. The topological polar surface area (TPSA) is 95.0 Å². The lowest BCUT2D eigenvalue weighted by Crippen LogP contribution is -2.32. The van der Waals surface area contributed by atoms with Crippen molar-refractivity contribution < 1.29 is 9.53 Å². The van der Waals surface area contributed by atoms with E-state index in [1.54, 1.807) is 6.07 Å². The standard InChI is InChI=1S/C21H15N3O3/c1-12(25)23-21-15(11-22)17(13-7-3-2-4-8-13)18-19(27-21)14-9-5-6-10-16(14)24-20(18)26/h2-10,17H,1H3,(H,23,25)(H,24,26). The van der Waals surface area contributed by atoms with Gasteiger partial charge >= 0.3 is 0 Å². The van der Waals surface area contributed by atoms with Gasteiger partial charge in [0, 0.05) is 12.3 Å². The van der Waals surface area contributed by atoms with Crippen LogP contribution in [0.3, 0.4) is 0 Å². The monoisotopic (exact) mass is 357 g/mol. The summed E-state index contributed by atoms with van der Waals surface area (Å²) in [7, 11) is 0. The van der Waals surface area contributed by atoms with Crippen LogP contribution in [0.4, 0.5) is 0 Å². The van der Waals surface area contributed by atoms with Gasteiger partial charge in [-0.25, -0.2) is 0 Å². The Kier molecular flexibility index (Phi) is 3.98. The number of ether oxygens (including phenoxy) is 1. The van der Waals surface area contributed by atoms with E-state index < -0.39 is 5.92 Å². The lowest BCUT2D eigenvalue weighted by atomic mass is 9.83. The molecule has 1 aliphatic rings. The molecule has 132 valence electrons. The smallest absolute Gasteiger partial charge is 0.256 e. The van der Waals surface area contributed by atoms with Gasteiger partial charge in [-0.3, -0.25) is 14.9 Å². The Balaban J connectivity index is 2.08. The van der Waals surface area contributed by atoms with E-state index in [0.29, 0.717) is 22.2 Å². The lowest BCUT2D eigenvalue weighted by molar-refractivity contribution is -0.118. The van der Waals surface area contributed by atoms with Crippen molar-refractivity contribution in [3.63, 3.8) is 0 Å². The van der Waals surface area contributed by atoms with Crippen molar-refractivity contribution in [1.82, 2.24) is 10.3 Å². The highest BCUT2D eigenvalue weighted by Gasteiger charge is 2.35. The molecule has 3 aromatic rings. The van der Waals surface area contributed by atoms with Crippen LogP contribution in [0.1, 0.15) is 24.0 Å². The Hall–Kier alpha value is -3.85. The number of benzene rings is 2. The van der Waals surface area contributed by atoms with Gasteiger partial charge in [-0.05, 0) is 17.7 Å². The fourth-order valence-corrected chi connectivity index (χ4v) is 3.38. The quantitative estimate of drug-likeness (QED) is 0.737. The molecule has 0 saturated heterocycles. The zero-order chi connectivity index (χ0) is 19.0. The summed E-state index contributed by atoms with van der Waals surface area (Å²) in [5, 5.41) is 13.1. The van der Waals surface area contributed by atoms with Gasteiger partial charge in [0.15, 0.2) is 0 Å². The number of rotatable bonds is 2. The fourth-order valence-electron chi connectivity index (χ4n) is 3.38. The number of aromatic amines is 1. The van der Waals surface area contributed by atoms with E-state index >= 15 is 0 Å². The number of allylic oxidation sites excluding steroid dienone is 1. The van der Waals surface area contributed by atoms with Crippen molar-refractivity contribution in [3.8, 4) is 11.8 Å². The van der Waals surface area contributed by atoms with Crippen molar-refractivity contribution >= 4 is 16.8 Å². The van der Waals surface area contributed by atoms with Crippen LogP contribution in [0.15, 0.2) is 70.8 Å². The Bertz CT molecular complexity index is 1190. The molecule has 2 aromatic carbocycles. The summed E-state index contributed by atoms with van der Waals surface area (Å²) < 4.78 is 5.90. The maximum absolute atomic E-state index is 12.9. The van der Waals surface area contributed by atoms with Crippen molar-refractivity contribution in [2.45, 2.75) is 12.8 Å². The van der Waals surface area contributed by atoms with Gasteiger partial charge < -0.3 is 9.72 Å². The minimum atomic E-state index is -0.643. The Labute approximate surface area is 154 Å². The maximum Gasteiger partial charge on any atom is 0.256 e. The molecule has 0 spiro atoms.